The van der Waals surface area contributed by atoms with Gasteiger partial charge in [-0.1, -0.05) is 42.7 Å². The van der Waals surface area contributed by atoms with Crippen molar-refractivity contribution in [1.29, 1.82) is 0 Å². The summed E-state index contributed by atoms with van der Waals surface area (Å²) in [6.45, 7) is -0.0505. The van der Waals surface area contributed by atoms with Gasteiger partial charge in [-0.15, -0.1) is 16.4 Å². The molecule has 1 atom stereocenters. The molecule has 5 rings (SSSR count). The molecule has 1 aliphatic carbocycles. The summed E-state index contributed by atoms with van der Waals surface area (Å²) in [6.07, 6.45) is 5.34. The third-order valence-electron chi connectivity index (χ3n) is 6.60. The van der Waals surface area contributed by atoms with Crippen LogP contribution in [-0.2, 0) is 16.1 Å². The van der Waals surface area contributed by atoms with Crippen LogP contribution in [-0.4, -0.2) is 40.0 Å². The topological polar surface area (TPSA) is 89.3 Å². The highest BCUT2D eigenvalue weighted by Crippen LogP contribution is 2.33. The van der Waals surface area contributed by atoms with Crippen molar-refractivity contribution in [3.8, 4) is 5.75 Å². The van der Waals surface area contributed by atoms with Crippen molar-refractivity contribution < 1.29 is 14.3 Å². The van der Waals surface area contributed by atoms with Gasteiger partial charge in [0.25, 0.3) is 0 Å². The molecular weight excluding hydrogens is 474 g/mol. The van der Waals surface area contributed by atoms with Crippen LogP contribution >= 0.6 is 11.3 Å². The predicted molar refractivity (Wildman–Crippen MR) is 140 cm³/mol. The van der Waals surface area contributed by atoms with Gasteiger partial charge in [-0.25, -0.2) is 4.68 Å². The molecule has 36 heavy (non-hydrogen) atoms. The molecular formula is C27H29N5O3S. The number of para-hydroxylation sites is 1. The van der Waals surface area contributed by atoms with E-state index in [1.807, 2.05) is 53.9 Å². The first-order chi connectivity index (χ1) is 17.6. The minimum atomic E-state index is -0.803. The molecule has 2 heterocycles. The van der Waals surface area contributed by atoms with E-state index in [2.05, 4.69) is 15.6 Å². The molecule has 0 spiro atoms. The van der Waals surface area contributed by atoms with E-state index >= 15 is 0 Å². The van der Waals surface area contributed by atoms with Crippen molar-refractivity contribution in [3.63, 3.8) is 0 Å². The van der Waals surface area contributed by atoms with Crippen LogP contribution in [0, 0.1) is 0 Å². The Hall–Kier alpha value is -3.72. The second kappa shape index (κ2) is 10.9. The van der Waals surface area contributed by atoms with Crippen molar-refractivity contribution in [1.82, 2.24) is 20.3 Å². The molecule has 0 aliphatic heterocycles. The second-order valence-corrected chi connectivity index (χ2v) is 9.94. The van der Waals surface area contributed by atoms with Gasteiger partial charge < -0.3 is 10.1 Å². The summed E-state index contributed by atoms with van der Waals surface area (Å²) >= 11 is 1.47. The fourth-order valence-electron chi connectivity index (χ4n) is 4.77. The van der Waals surface area contributed by atoms with Crippen molar-refractivity contribution >= 4 is 39.9 Å². The zero-order chi connectivity index (χ0) is 24.9. The third-order valence-corrected chi connectivity index (χ3v) is 7.52. The van der Waals surface area contributed by atoms with Crippen LogP contribution in [0.25, 0.3) is 11.0 Å². The highest BCUT2D eigenvalue weighted by atomic mass is 32.1. The van der Waals surface area contributed by atoms with Crippen LogP contribution < -0.4 is 15.0 Å². The molecule has 1 unspecified atom stereocenters. The first-order valence-electron chi connectivity index (χ1n) is 12.2. The van der Waals surface area contributed by atoms with Gasteiger partial charge >= 0.3 is 0 Å². The number of carbonyl (C=O) groups excluding carboxylic acids is 2. The number of ether oxygens (including phenoxy) is 1. The normalized spacial score (nSPS) is 14.9. The largest absolute Gasteiger partial charge is 0.497 e. The SMILES string of the molecule is COc1ccc(N(C(=O)Cn2nnc3ccccc32)C(C(=O)NC2CCCCC2)c2cccs2)cc1. The molecule has 0 radical (unpaired) electrons. The molecule has 0 saturated heterocycles. The minimum absolute atomic E-state index is 0.0505. The number of anilines is 1. The van der Waals surface area contributed by atoms with E-state index in [1.54, 1.807) is 28.8 Å². The van der Waals surface area contributed by atoms with Crippen molar-refractivity contribution in [2.75, 3.05) is 12.0 Å². The van der Waals surface area contributed by atoms with Crippen LogP contribution in [0.5, 0.6) is 5.75 Å². The molecule has 8 nitrogen and oxygen atoms in total. The number of fused-ring (bicyclic) bond motifs is 1. The first-order valence-corrected chi connectivity index (χ1v) is 13.1. The van der Waals surface area contributed by atoms with E-state index in [4.69, 9.17) is 4.74 Å². The number of hydrogen-bond donors (Lipinski definition) is 1. The molecule has 0 bridgehead atoms. The Kier molecular flexibility index (Phi) is 7.27. The van der Waals surface area contributed by atoms with E-state index in [0.29, 0.717) is 17.0 Å². The van der Waals surface area contributed by atoms with Crippen LogP contribution in [0.4, 0.5) is 5.69 Å². The van der Waals surface area contributed by atoms with Gasteiger partial charge in [-0.2, -0.15) is 0 Å². The van der Waals surface area contributed by atoms with E-state index in [0.717, 1.165) is 36.1 Å². The Balaban J connectivity index is 1.52. The lowest BCUT2D eigenvalue weighted by Crippen LogP contribution is -2.48. The summed E-state index contributed by atoms with van der Waals surface area (Å²) < 4.78 is 6.90. The summed E-state index contributed by atoms with van der Waals surface area (Å²) in [5, 5.41) is 13.5. The van der Waals surface area contributed by atoms with Crippen LogP contribution in [0.3, 0.4) is 0 Å². The maximum atomic E-state index is 14.0. The second-order valence-electron chi connectivity index (χ2n) is 8.96. The molecule has 186 valence electrons. The molecule has 1 fully saturated rings. The van der Waals surface area contributed by atoms with Gasteiger partial charge in [0.15, 0.2) is 0 Å². The van der Waals surface area contributed by atoms with Crippen LogP contribution in [0.1, 0.15) is 43.0 Å². The molecule has 1 N–H and O–H groups in total. The monoisotopic (exact) mass is 503 g/mol. The fraction of sp³-hybridized carbons (Fsp3) is 0.333. The Morgan fingerprint density at radius 1 is 1.08 bits per heavy atom. The van der Waals surface area contributed by atoms with E-state index in [-0.39, 0.29) is 24.4 Å². The predicted octanol–water partition coefficient (Wildman–Crippen LogP) is 4.72. The molecule has 1 aliphatic rings. The van der Waals surface area contributed by atoms with Gasteiger partial charge in [0.2, 0.25) is 11.8 Å². The van der Waals surface area contributed by atoms with E-state index < -0.39 is 6.04 Å². The Morgan fingerprint density at radius 3 is 2.58 bits per heavy atom. The van der Waals surface area contributed by atoms with Crippen LogP contribution in [0.2, 0.25) is 0 Å². The average molecular weight is 504 g/mol. The average Bonchev–Trinajstić information content (AvgIpc) is 3.58. The molecule has 9 heteroatoms. The summed E-state index contributed by atoms with van der Waals surface area (Å²) in [5.74, 6) is 0.248. The highest BCUT2D eigenvalue weighted by Gasteiger charge is 2.35. The number of rotatable bonds is 8. The minimum Gasteiger partial charge on any atom is -0.497 e. The quantitative estimate of drug-likeness (QED) is 0.376. The van der Waals surface area contributed by atoms with Crippen LogP contribution in [0.15, 0.2) is 66.0 Å². The van der Waals surface area contributed by atoms with Gasteiger partial charge in [-0.3, -0.25) is 14.5 Å². The van der Waals surface area contributed by atoms with Crippen molar-refractivity contribution in [2.45, 2.75) is 50.7 Å². The number of nitrogens with one attached hydrogen (secondary N) is 1. The number of amides is 2. The number of carbonyl (C=O) groups is 2. The number of nitrogens with zero attached hydrogens (tertiary/aromatic N) is 4. The summed E-state index contributed by atoms with van der Waals surface area (Å²) in [6, 6.07) is 17.9. The number of methoxy groups -OCH3 is 1. The first kappa shape index (κ1) is 24.0. The molecule has 2 amide bonds. The van der Waals surface area contributed by atoms with Gasteiger partial charge in [0, 0.05) is 16.6 Å². The summed E-state index contributed by atoms with van der Waals surface area (Å²) in [5.41, 5.74) is 2.09. The molecule has 2 aromatic carbocycles. The standard InChI is InChI=1S/C27H29N5O3S/c1-35-21-15-13-20(14-16-21)32(25(33)18-31-23-11-6-5-10-22(23)29-30-31)26(24-12-7-17-36-24)27(34)28-19-8-3-2-4-9-19/h5-7,10-17,19,26H,2-4,8-9,18H2,1H3,(H,28,34). The fourth-order valence-corrected chi connectivity index (χ4v) is 5.58. The third kappa shape index (κ3) is 5.11. The molecule has 1 saturated carbocycles. The van der Waals surface area contributed by atoms with E-state index in [1.165, 1.54) is 17.8 Å². The van der Waals surface area contributed by atoms with Crippen molar-refractivity contribution in [2.24, 2.45) is 0 Å². The van der Waals surface area contributed by atoms with Gasteiger partial charge in [0.05, 0.1) is 12.6 Å². The summed E-state index contributed by atoms with van der Waals surface area (Å²) in [4.78, 5) is 30.2. The van der Waals surface area contributed by atoms with E-state index in [9.17, 15) is 9.59 Å². The number of hydrogen-bond acceptors (Lipinski definition) is 6. The maximum absolute atomic E-state index is 14.0. The Morgan fingerprint density at radius 2 is 1.86 bits per heavy atom. The maximum Gasteiger partial charge on any atom is 0.249 e. The lowest BCUT2D eigenvalue weighted by molar-refractivity contribution is -0.127. The number of benzene rings is 2. The number of aromatic nitrogens is 3. The highest BCUT2D eigenvalue weighted by molar-refractivity contribution is 7.10. The zero-order valence-corrected chi connectivity index (χ0v) is 21.0. The lowest BCUT2D eigenvalue weighted by Gasteiger charge is -2.32. The van der Waals surface area contributed by atoms with Gasteiger partial charge in [0.1, 0.15) is 23.9 Å². The molecule has 2 aromatic heterocycles. The molecule has 4 aromatic rings. The lowest BCUT2D eigenvalue weighted by atomic mass is 9.95. The summed E-state index contributed by atoms with van der Waals surface area (Å²) in [7, 11) is 1.60. The van der Waals surface area contributed by atoms with Crippen molar-refractivity contribution in [3.05, 3.63) is 70.9 Å². The smallest absolute Gasteiger partial charge is 0.249 e. The zero-order valence-electron chi connectivity index (χ0n) is 20.2. The number of thiophene rings is 1. The van der Waals surface area contributed by atoms with Gasteiger partial charge in [-0.05, 0) is 60.7 Å². The Bertz CT molecular complexity index is 1310. The Labute approximate surface area is 213 Å².